The van der Waals surface area contributed by atoms with Crippen molar-refractivity contribution in [2.45, 2.75) is 19.6 Å². The third-order valence-electron chi connectivity index (χ3n) is 4.23. The van der Waals surface area contributed by atoms with Gasteiger partial charge in [0.15, 0.2) is 17.5 Å². The summed E-state index contributed by atoms with van der Waals surface area (Å²) in [4.78, 5) is 6.57. The average molecular weight is 390 g/mol. The van der Waals surface area contributed by atoms with Crippen LogP contribution in [0.2, 0.25) is 5.02 Å². The normalized spacial score (nSPS) is 14.1. The molecule has 0 aromatic heterocycles. The number of guanidine groups is 1. The predicted octanol–water partition coefficient (Wildman–Crippen LogP) is 3.20. The molecule has 1 aliphatic rings. The number of rotatable bonds is 6. The molecule has 1 aliphatic heterocycles. The van der Waals surface area contributed by atoms with E-state index in [1.807, 2.05) is 55.3 Å². The number of nitrogens with one attached hydrogen (secondary N) is 1. The fraction of sp³-hybridized carbons (Fsp3) is 0.350. The van der Waals surface area contributed by atoms with Crippen molar-refractivity contribution in [1.29, 1.82) is 0 Å². The van der Waals surface area contributed by atoms with Gasteiger partial charge in [0.1, 0.15) is 6.10 Å². The van der Waals surface area contributed by atoms with Crippen LogP contribution in [-0.2, 0) is 6.54 Å². The molecule has 0 saturated carbocycles. The second kappa shape index (κ2) is 8.97. The van der Waals surface area contributed by atoms with Crippen molar-refractivity contribution in [3.8, 4) is 11.5 Å². The number of hydrogen-bond acceptors (Lipinski definition) is 4. The van der Waals surface area contributed by atoms with E-state index in [0.29, 0.717) is 23.1 Å². The second-order valence-electron chi connectivity index (χ2n) is 6.28. The standard InChI is InChI=1S/C20H24ClN3O3/c1-3-22-20(23-11-17(25)15-6-4-5-7-16(15)21)24(2)12-14-8-9-18-19(10-14)27-13-26-18/h4-10,17,25H,3,11-13H2,1-2H3,(H,22,23). The molecule has 7 heteroatoms. The monoisotopic (exact) mass is 389 g/mol. The van der Waals surface area contributed by atoms with Crippen molar-refractivity contribution in [2.24, 2.45) is 4.99 Å². The van der Waals surface area contributed by atoms with Crippen LogP contribution < -0.4 is 14.8 Å². The minimum atomic E-state index is -0.758. The predicted molar refractivity (Wildman–Crippen MR) is 106 cm³/mol. The molecule has 0 spiro atoms. The van der Waals surface area contributed by atoms with Crippen LogP contribution in [0.4, 0.5) is 0 Å². The summed E-state index contributed by atoms with van der Waals surface area (Å²) >= 11 is 6.16. The Balaban J connectivity index is 1.68. The van der Waals surface area contributed by atoms with Crippen LogP contribution in [0.1, 0.15) is 24.2 Å². The first-order valence-corrected chi connectivity index (χ1v) is 9.26. The highest BCUT2D eigenvalue weighted by Crippen LogP contribution is 2.32. The lowest BCUT2D eigenvalue weighted by atomic mass is 10.1. The Kier molecular flexibility index (Phi) is 6.42. The summed E-state index contributed by atoms with van der Waals surface area (Å²) in [5.74, 6) is 2.24. The van der Waals surface area contributed by atoms with Gasteiger partial charge in [0.25, 0.3) is 0 Å². The van der Waals surface area contributed by atoms with Crippen LogP contribution in [0.3, 0.4) is 0 Å². The lowest BCUT2D eigenvalue weighted by molar-refractivity contribution is 0.174. The maximum atomic E-state index is 10.4. The summed E-state index contributed by atoms with van der Waals surface area (Å²) in [6.07, 6.45) is -0.758. The molecule has 6 nitrogen and oxygen atoms in total. The molecule has 1 atom stereocenters. The van der Waals surface area contributed by atoms with Crippen LogP contribution in [0, 0.1) is 0 Å². The molecule has 0 aliphatic carbocycles. The van der Waals surface area contributed by atoms with Gasteiger partial charge in [0, 0.05) is 30.7 Å². The summed E-state index contributed by atoms with van der Waals surface area (Å²) in [6.45, 7) is 3.86. The smallest absolute Gasteiger partial charge is 0.231 e. The SMILES string of the molecule is CCNC(=NCC(O)c1ccccc1Cl)N(C)Cc1ccc2c(c1)OCO2. The van der Waals surface area contributed by atoms with Crippen molar-refractivity contribution >= 4 is 17.6 Å². The summed E-state index contributed by atoms with van der Waals surface area (Å²) in [7, 11) is 1.95. The van der Waals surface area contributed by atoms with Gasteiger partial charge >= 0.3 is 0 Å². The fourth-order valence-corrected chi connectivity index (χ4v) is 3.14. The fourth-order valence-electron chi connectivity index (χ4n) is 2.87. The van der Waals surface area contributed by atoms with E-state index in [9.17, 15) is 5.11 Å². The number of hydrogen-bond donors (Lipinski definition) is 2. The highest BCUT2D eigenvalue weighted by molar-refractivity contribution is 6.31. The average Bonchev–Trinajstić information content (AvgIpc) is 3.13. The molecule has 2 N–H and O–H groups in total. The van der Waals surface area contributed by atoms with Crippen molar-refractivity contribution in [3.63, 3.8) is 0 Å². The topological polar surface area (TPSA) is 66.3 Å². The largest absolute Gasteiger partial charge is 0.454 e. The Labute approximate surface area is 164 Å². The number of halogens is 1. The van der Waals surface area contributed by atoms with Gasteiger partial charge in [-0.3, -0.25) is 4.99 Å². The van der Waals surface area contributed by atoms with Gasteiger partial charge in [-0.1, -0.05) is 35.9 Å². The molecule has 0 saturated heterocycles. The molecule has 1 heterocycles. The third kappa shape index (κ3) is 4.84. The Bertz CT molecular complexity index is 813. The first kappa shape index (κ1) is 19.3. The molecule has 0 radical (unpaired) electrons. The molecule has 2 aromatic rings. The van der Waals surface area contributed by atoms with Crippen LogP contribution >= 0.6 is 11.6 Å². The van der Waals surface area contributed by atoms with E-state index in [4.69, 9.17) is 21.1 Å². The van der Waals surface area contributed by atoms with Gasteiger partial charge in [-0.15, -0.1) is 0 Å². The molecule has 0 fully saturated rings. The van der Waals surface area contributed by atoms with Crippen molar-refractivity contribution in [2.75, 3.05) is 26.9 Å². The Hall–Kier alpha value is -2.44. The number of nitrogens with zero attached hydrogens (tertiary/aromatic N) is 2. The van der Waals surface area contributed by atoms with E-state index in [2.05, 4.69) is 10.3 Å². The Morgan fingerprint density at radius 1 is 1.26 bits per heavy atom. The molecule has 0 amide bonds. The lowest BCUT2D eigenvalue weighted by Gasteiger charge is -2.23. The summed E-state index contributed by atoms with van der Waals surface area (Å²) in [5.41, 5.74) is 1.76. The molecule has 144 valence electrons. The number of aliphatic hydroxyl groups excluding tert-OH is 1. The molecule has 3 rings (SSSR count). The van der Waals surface area contributed by atoms with Crippen molar-refractivity contribution < 1.29 is 14.6 Å². The number of aliphatic imine (C=N–C) groups is 1. The van der Waals surface area contributed by atoms with Gasteiger partial charge in [-0.2, -0.15) is 0 Å². The van der Waals surface area contributed by atoms with E-state index in [1.165, 1.54) is 0 Å². The summed E-state index contributed by atoms with van der Waals surface area (Å²) in [5, 5.41) is 14.2. The number of ether oxygens (including phenoxy) is 2. The molecular weight excluding hydrogens is 366 g/mol. The first-order chi connectivity index (χ1) is 13.1. The summed E-state index contributed by atoms with van der Waals surface area (Å²) in [6, 6.07) is 13.2. The van der Waals surface area contributed by atoms with E-state index in [0.717, 1.165) is 23.6 Å². The maximum Gasteiger partial charge on any atom is 0.231 e. The van der Waals surface area contributed by atoms with Crippen molar-refractivity contribution in [3.05, 3.63) is 58.6 Å². The van der Waals surface area contributed by atoms with Gasteiger partial charge in [0.05, 0.1) is 6.54 Å². The zero-order chi connectivity index (χ0) is 19.2. The number of aliphatic hydroxyl groups is 1. The second-order valence-corrected chi connectivity index (χ2v) is 6.68. The van der Waals surface area contributed by atoms with E-state index >= 15 is 0 Å². The van der Waals surface area contributed by atoms with Gasteiger partial charge < -0.3 is 24.8 Å². The summed E-state index contributed by atoms with van der Waals surface area (Å²) < 4.78 is 10.8. The zero-order valence-corrected chi connectivity index (χ0v) is 16.2. The molecule has 27 heavy (non-hydrogen) atoms. The van der Waals surface area contributed by atoms with Gasteiger partial charge in [-0.25, -0.2) is 0 Å². The van der Waals surface area contributed by atoms with Crippen LogP contribution in [0.25, 0.3) is 0 Å². The molecule has 1 unspecified atom stereocenters. The molecule has 0 bridgehead atoms. The Morgan fingerprint density at radius 3 is 2.81 bits per heavy atom. The van der Waals surface area contributed by atoms with Crippen molar-refractivity contribution in [1.82, 2.24) is 10.2 Å². The lowest BCUT2D eigenvalue weighted by Crippen LogP contribution is -2.38. The third-order valence-corrected chi connectivity index (χ3v) is 4.58. The maximum absolute atomic E-state index is 10.4. The molecular formula is C20H24ClN3O3. The van der Waals surface area contributed by atoms with E-state index < -0.39 is 6.10 Å². The number of fused-ring (bicyclic) bond motifs is 1. The first-order valence-electron chi connectivity index (χ1n) is 8.89. The zero-order valence-electron chi connectivity index (χ0n) is 15.5. The van der Waals surface area contributed by atoms with E-state index in [-0.39, 0.29) is 13.3 Å². The molecule has 2 aromatic carbocycles. The highest BCUT2D eigenvalue weighted by atomic mass is 35.5. The minimum Gasteiger partial charge on any atom is -0.454 e. The van der Waals surface area contributed by atoms with Crippen LogP contribution in [0.5, 0.6) is 11.5 Å². The highest BCUT2D eigenvalue weighted by Gasteiger charge is 2.16. The van der Waals surface area contributed by atoms with Crippen LogP contribution in [0.15, 0.2) is 47.5 Å². The Morgan fingerprint density at radius 2 is 2.04 bits per heavy atom. The quantitative estimate of drug-likeness (QED) is 0.586. The van der Waals surface area contributed by atoms with Gasteiger partial charge in [0.2, 0.25) is 6.79 Å². The van der Waals surface area contributed by atoms with Crippen LogP contribution in [-0.4, -0.2) is 42.9 Å². The van der Waals surface area contributed by atoms with E-state index in [1.54, 1.807) is 6.07 Å². The number of benzene rings is 2. The van der Waals surface area contributed by atoms with Gasteiger partial charge in [-0.05, 0) is 30.7 Å². The minimum absolute atomic E-state index is 0.220.